The molecule has 3 nitrogen and oxygen atoms in total. The summed E-state index contributed by atoms with van der Waals surface area (Å²) in [6, 6.07) is 9.58. The predicted molar refractivity (Wildman–Crippen MR) is 59.5 cm³/mol. The van der Waals surface area contributed by atoms with Crippen LogP contribution in [-0.2, 0) is 0 Å². The highest BCUT2D eigenvalue weighted by Gasteiger charge is 2.16. The van der Waals surface area contributed by atoms with Gasteiger partial charge in [0.15, 0.2) is 0 Å². The molecule has 16 heavy (non-hydrogen) atoms. The molecule has 0 aliphatic rings. The van der Waals surface area contributed by atoms with Crippen molar-refractivity contribution in [2.45, 2.75) is 0 Å². The third-order valence-electron chi connectivity index (χ3n) is 2.28. The van der Waals surface area contributed by atoms with Crippen LogP contribution < -0.4 is 5.46 Å². The Morgan fingerprint density at radius 1 is 1.06 bits per heavy atom. The van der Waals surface area contributed by atoms with Gasteiger partial charge in [-0.05, 0) is 28.7 Å². The second-order valence-electron chi connectivity index (χ2n) is 3.33. The summed E-state index contributed by atoms with van der Waals surface area (Å²) in [5, 5.41) is 18.4. The fourth-order valence-electron chi connectivity index (χ4n) is 1.52. The van der Waals surface area contributed by atoms with Crippen molar-refractivity contribution in [3.63, 3.8) is 0 Å². The van der Waals surface area contributed by atoms with Crippen LogP contribution in [-0.4, -0.2) is 22.2 Å². The van der Waals surface area contributed by atoms with Crippen LogP contribution in [0.2, 0.25) is 0 Å². The van der Waals surface area contributed by atoms with Crippen LogP contribution in [0.5, 0.6) is 0 Å². The number of hydrogen-bond donors (Lipinski definition) is 2. The largest absolute Gasteiger partial charge is 0.489 e. The number of nitrogens with zero attached hydrogens (tertiary/aromatic N) is 1. The Morgan fingerprint density at radius 3 is 2.44 bits per heavy atom. The molecule has 0 radical (unpaired) electrons. The lowest BCUT2D eigenvalue weighted by molar-refractivity contribution is 0.426. The van der Waals surface area contributed by atoms with Gasteiger partial charge in [-0.1, -0.05) is 24.3 Å². The van der Waals surface area contributed by atoms with Gasteiger partial charge in [-0.3, -0.25) is 0 Å². The van der Waals surface area contributed by atoms with Crippen LogP contribution in [0.15, 0.2) is 42.6 Å². The summed E-state index contributed by atoms with van der Waals surface area (Å²) in [5.74, 6) is -0.564. The van der Waals surface area contributed by atoms with E-state index in [2.05, 4.69) is 4.98 Å². The Labute approximate surface area is 92.4 Å². The maximum absolute atomic E-state index is 12.7. The van der Waals surface area contributed by atoms with Crippen molar-refractivity contribution < 1.29 is 14.4 Å². The van der Waals surface area contributed by atoms with Gasteiger partial charge >= 0.3 is 7.12 Å². The van der Waals surface area contributed by atoms with E-state index >= 15 is 0 Å². The SMILES string of the molecule is OB(O)c1ccccc1-c1ccc(F)nc1. The molecule has 80 valence electrons. The van der Waals surface area contributed by atoms with Crippen LogP contribution in [0.4, 0.5) is 4.39 Å². The quantitative estimate of drug-likeness (QED) is 0.571. The summed E-state index contributed by atoms with van der Waals surface area (Å²) in [6.07, 6.45) is 1.36. The van der Waals surface area contributed by atoms with Crippen molar-refractivity contribution in [2.24, 2.45) is 0 Å². The van der Waals surface area contributed by atoms with Crippen molar-refractivity contribution in [3.05, 3.63) is 48.5 Å². The highest BCUT2D eigenvalue weighted by Crippen LogP contribution is 2.16. The molecule has 5 heteroatoms. The van der Waals surface area contributed by atoms with E-state index in [1.807, 2.05) is 0 Å². The molecule has 0 unspecified atom stereocenters. The normalized spacial score (nSPS) is 10.2. The fraction of sp³-hybridized carbons (Fsp3) is 0. The molecule has 0 fully saturated rings. The monoisotopic (exact) mass is 217 g/mol. The van der Waals surface area contributed by atoms with Crippen LogP contribution in [0.25, 0.3) is 11.1 Å². The van der Waals surface area contributed by atoms with Crippen LogP contribution in [0.1, 0.15) is 0 Å². The maximum atomic E-state index is 12.7. The first-order valence-electron chi connectivity index (χ1n) is 4.75. The number of pyridine rings is 1. The van der Waals surface area contributed by atoms with Gasteiger partial charge in [-0.2, -0.15) is 4.39 Å². The average molecular weight is 217 g/mol. The van der Waals surface area contributed by atoms with Gasteiger partial charge in [0, 0.05) is 6.20 Å². The lowest BCUT2D eigenvalue weighted by Gasteiger charge is -2.07. The van der Waals surface area contributed by atoms with Gasteiger partial charge in [0.25, 0.3) is 0 Å². The summed E-state index contributed by atoms with van der Waals surface area (Å²) >= 11 is 0. The minimum atomic E-state index is -1.55. The summed E-state index contributed by atoms with van der Waals surface area (Å²) in [4.78, 5) is 3.53. The Morgan fingerprint density at radius 2 is 1.81 bits per heavy atom. The second kappa shape index (κ2) is 4.43. The van der Waals surface area contributed by atoms with Crippen molar-refractivity contribution in [1.29, 1.82) is 0 Å². The van der Waals surface area contributed by atoms with E-state index in [-0.39, 0.29) is 0 Å². The van der Waals surface area contributed by atoms with E-state index in [4.69, 9.17) is 0 Å². The Kier molecular flexibility index (Phi) is 2.98. The molecular weight excluding hydrogens is 208 g/mol. The standard InChI is InChI=1S/C11H9BFNO2/c13-11-6-5-8(7-14-11)9-3-1-2-4-10(9)12(15)16/h1-7,15-16H. The number of benzene rings is 1. The molecule has 0 aliphatic heterocycles. The molecule has 0 spiro atoms. The van der Waals surface area contributed by atoms with Crippen LogP contribution in [0, 0.1) is 5.95 Å². The minimum Gasteiger partial charge on any atom is -0.423 e. The first-order chi connectivity index (χ1) is 7.68. The van der Waals surface area contributed by atoms with Gasteiger partial charge in [-0.25, -0.2) is 4.98 Å². The first-order valence-corrected chi connectivity index (χ1v) is 4.75. The molecule has 1 aromatic heterocycles. The Balaban J connectivity index is 2.51. The number of hydrogen-bond acceptors (Lipinski definition) is 3. The Bertz CT molecular complexity index is 488. The van der Waals surface area contributed by atoms with Gasteiger partial charge in [0.1, 0.15) is 0 Å². The molecule has 0 bridgehead atoms. The number of rotatable bonds is 2. The number of halogens is 1. The van der Waals surface area contributed by atoms with Crippen LogP contribution >= 0.6 is 0 Å². The highest BCUT2D eigenvalue weighted by molar-refractivity contribution is 6.60. The summed E-state index contributed by atoms with van der Waals surface area (Å²) < 4.78 is 12.7. The summed E-state index contributed by atoms with van der Waals surface area (Å²) in [6.45, 7) is 0. The molecule has 2 aromatic rings. The zero-order chi connectivity index (χ0) is 11.5. The van der Waals surface area contributed by atoms with Gasteiger partial charge in [0.2, 0.25) is 5.95 Å². The molecule has 2 N–H and O–H groups in total. The van der Waals surface area contributed by atoms with Crippen molar-refractivity contribution >= 4 is 12.6 Å². The van der Waals surface area contributed by atoms with Gasteiger partial charge < -0.3 is 10.0 Å². The second-order valence-corrected chi connectivity index (χ2v) is 3.33. The smallest absolute Gasteiger partial charge is 0.423 e. The first kappa shape index (κ1) is 10.8. The molecule has 0 aliphatic carbocycles. The third-order valence-corrected chi connectivity index (χ3v) is 2.28. The fourth-order valence-corrected chi connectivity index (χ4v) is 1.52. The lowest BCUT2D eigenvalue weighted by atomic mass is 9.76. The molecule has 1 aromatic carbocycles. The molecule has 2 rings (SSSR count). The van der Waals surface area contributed by atoms with Crippen molar-refractivity contribution in [3.8, 4) is 11.1 Å². The van der Waals surface area contributed by atoms with Crippen molar-refractivity contribution in [1.82, 2.24) is 4.98 Å². The molecular formula is C11H9BFNO2. The lowest BCUT2D eigenvalue weighted by Crippen LogP contribution is -2.31. The zero-order valence-corrected chi connectivity index (χ0v) is 8.34. The van der Waals surface area contributed by atoms with E-state index in [9.17, 15) is 14.4 Å². The highest BCUT2D eigenvalue weighted by atomic mass is 19.1. The van der Waals surface area contributed by atoms with E-state index in [0.29, 0.717) is 16.6 Å². The zero-order valence-electron chi connectivity index (χ0n) is 8.34. The van der Waals surface area contributed by atoms with Crippen molar-refractivity contribution in [2.75, 3.05) is 0 Å². The molecule has 0 saturated carbocycles. The van der Waals surface area contributed by atoms with E-state index in [1.54, 1.807) is 30.3 Å². The minimum absolute atomic E-state index is 0.371. The molecule has 0 saturated heterocycles. The van der Waals surface area contributed by atoms with E-state index in [1.165, 1.54) is 12.3 Å². The topological polar surface area (TPSA) is 53.4 Å². The number of aromatic nitrogens is 1. The van der Waals surface area contributed by atoms with E-state index < -0.39 is 13.1 Å². The van der Waals surface area contributed by atoms with Gasteiger partial charge in [-0.15, -0.1) is 0 Å². The Hall–Kier alpha value is -1.72. The predicted octanol–water partition coefficient (Wildman–Crippen LogP) is 0.567. The third kappa shape index (κ3) is 2.10. The summed E-state index contributed by atoms with van der Waals surface area (Å²) in [7, 11) is -1.55. The maximum Gasteiger partial charge on any atom is 0.489 e. The molecule has 0 amide bonds. The average Bonchev–Trinajstić information content (AvgIpc) is 2.30. The molecule has 0 atom stereocenters. The summed E-state index contributed by atoms with van der Waals surface area (Å²) in [5.41, 5.74) is 1.64. The van der Waals surface area contributed by atoms with Gasteiger partial charge in [0.05, 0.1) is 0 Å². The molecule has 1 heterocycles. The van der Waals surface area contributed by atoms with Crippen LogP contribution in [0.3, 0.4) is 0 Å². The van der Waals surface area contributed by atoms with E-state index in [0.717, 1.165) is 0 Å².